The number of ether oxygens (including phenoxy) is 1. The van der Waals surface area contributed by atoms with Crippen molar-refractivity contribution in [2.24, 2.45) is 0 Å². The molecule has 3 heteroatoms. The molecule has 2 rings (SSSR count). The maximum Gasteiger partial charge on any atom is 0.119 e. The Kier molecular flexibility index (Phi) is 2.89. The van der Waals surface area contributed by atoms with Crippen LogP contribution in [0.5, 0.6) is 5.75 Å². The number of hydrogen-bond acceptors (Lipinski definition) is 3. The Morgan fingerprint density at radius 3 is 2.57 bits per heavy atom. The van der Waals surface area contributed by atoms with E-state index in [9.17, 15) is 0 Å². The van der Waals surface area contributed by atoms with E-state index in [-0.39, 0.29) is 0 Å². The second kappa shape index (κ2) is 4.33. The van der Waals surface area contributed by atoms with Crippen molar-refractivity contribution in [2.45, 2.75) is 13.0 Å². The topological polar surface area (TPSA) is 33.3 Å². The molecule has 0 unspecified atom stereocenters. The third kappa shape index (κ3) is 2.17. The summed E-state index contributed by atoms with van der Waals surface area (Å²) in [6.45, 7) is 4.84. The summed E-state index contributed by atoms with van der Waals surface area (Å²) >= 11 is 0. The fraction of sp³-hybridized carbons (Fsp3) is 0.455. The molecule has 3 nitrogen and oxygen atoms in total. The third-order valence-corrected chi connectivity index (χ3v) is 2.32. The Bertz CT molecular complexity index is 280. The highest BCUT2D eigenvalue weighted by atomic mass is 16.5. The van der Waals surface area contributed by atoms with Crippen LogP contribution >= 0.6 is 0 Å². The maximum absolute atomic E-state index is 5.37. The predicted octanol–water partition coefficient (Wildman–Crippen LogP) is 1.47. The second-order valence-electron chi connectivity index (χ2n) is 3.46. The van der Waals surface area contributed by atoms with Crippen LogP contribution in [0.25, 0.3) is 0 Å². The molecule has 14 heavy (non-hydrogen) atoms. The molecular formula is C11H16N2O. The second-order valence-corrected chi connectivity index (χ2v) is 3.46. The Labute approximate surface area is 84.5 Å². The van der Waals surface area contributed by atoms with Gasteiger partial charge in [0.05, 0.1) is 12.6 Å². The van der Waals surface area contributed by atoms with Crippen LogP contribution in [0.15, 0.2) is 24.3 Å². The lowest BCUT2D eigenvalue weighted by Gasteiger charge is -2.28. The molecule has 1 fully saturated rings. The van der Waals surface area contributed by atoms with Crippen LogP contribution in [0, 0.1) is 0 Å². The summed E-state index contributed by atoms with van der Waals surface area (Å²) in [4.78, 5) is 0. The van der Waals surface area contributed by atoms with Gasteiger partial charge in [-0.05, 0) is 31.2 Å². The van der Waals surface area contributed by atoms with Crippen LogP contribution in [0.4, 0.5) is 5.69 Å². The molecule has 1 saturated heterocycles. The maximum atomic E-state index is 5.37. The van der Waals surface area contributed by atoms with Crippen molar-refractivity contribution in [3.63, 3.8) is 0 Å². The van der Waals surface area contributed by atoms with Gasteiger partial charge in [0.25, 0.3) is 0 Å². The first-order valence-electron chi connectivity index (χ1n) is 5.08. The molecule has 1 aliphatic heterocycles. The summed E-state index contributed by atoms with van der Waals surface area (Å²) in [6.07, 6.45) is 0. The first-order valence-corrected chi connectivity index (χ1v) is 5.08. The van der Waals surface area contributed by atoms with Gasteiger partial charge in [-0.15, -0.1) is 0 Å². The van der Waals surface area contributed by atoms with Crippen molar-refractivity contribution in [3.8, 4) is 5.75 Å². The van der Waals surface area contributed by atoms with E-state index in [2.05, 4.69) is 22.8 Å². The minimum Gasteiger partial charge on any atom is -0.494 e. The number of benzene rings is 1. The molecule has 0 saturated carbocycles. The third-order valence-electron chi connectivity index (χ3n) is 2.32. The number of hydrogen-bond donors (Lipinski definition) is 2. The van der Waals surface area contributed by atoms with Gasteiger partial charge in [0.15, 0.2) is 0 Å². The summed E-state index contributed by atoms with van der Waals surface area (Å²) in [5.41, 5.74) is 1.17. The molecule has 0 atom stereocenters. The molecule has 1 aromatic rings. The minimum absolute atomic E-state index is 0.591. The van der Waals surface area contributed by atoms with E-state index in [1.807, 2.05) is 19.1 Å². The predicted molar refractivity (Wildman–Crippen MR) is 57.9 cm³/mol. The van der Waals surface area contributed by atoms with Crippen molar-refractivity contribution in [1.82, 2.24) is 5.32 Å². The van der Waals surface area contributed by atoms with Gasteiger partial charge in [0.1, 0.15) is 5.75 Å². The lowest BCUT2D eigenvalue weighted by atomic mass is 10.1. The zero-order valence-electron chi connectivity index (χ0n) is 8.42. The van der Waals surface area contributed by atoms with E-state index in [1.165, 1.54) is 5.69 Å². The monoisotopic (exact) mass is 192 g/mol. The van der Waals surface area contributed by atoms with Gasteiger partial charge < -0.3 is 15.4 Å². The highest BCUT2D eigenvalue weighted by Gasteiger charge is 2.15. The molecule has 1 aromatic carbocycles. The highest BCUT2D eigenvalue weighted by molar-refractivity contribution is 5.47. The van der Waals surface area contributed by atoms with Crippen LogP contribution in [0.1, 0.15) is 6.92 Å². The molecule has 1 aliphatic rings. The normalized spacial score (nSPS) is 16.1. The summed E-state index contributed by atoms with van der Waals surface area (Å²) in [6, 6.07) is 8.70. The van der Waals surface area contributed by atoms with E-state index in [0.29, 0.717) is 6.04 Å². The Balaban J connectivity index is 1.91. The van der Waals surface area contributed by atoms with Crippen molar-refractivity contribution in [3.05, 3.63) is 24.3 Å². The molecule has 1 heterocycles. The molecule has 76 valence electrons. The van der Waals surface area contributed by atoms with Gasteiger partial charge in [-0.1, -0.05) is 0 Å². The molecule has 0 aliphatic carbocycles. The first kappa shape index (κ1) is 9.34. The molecule has 0 amide bonds. The van der Waals surface area contributed by atoms with Crippen LogP contribution in [0.2, 0.25) is 0 Å². The standard InChI is InChI=1S/C11H16N2O/c1-2-14-11-5-3-9(4-6-11)13-10-7-12-8-10/h3-6,10,12-13H,2,7-8H2,1H3. The van der Waals surface area contributed by atoms with Gasteiger partial charge in [0, 0.05) is 18.8 Å². The molecule has 0 aromatic heterocycles. The molecule has 0 spiro atoms. The largest absolute Gasteiger partial charge is 0.494 e. The molecular weight excluding hydrogens is 176 g/mol. The lowest BCUT2D eigenvalue weighted by Crippen LogP contribution is -2.51. The average molecular weight is 192 g/mol. The smallest absolute Gasteiger partial charge is 0.119 e. The average Bonchev–Trinajstić information content (AvgIpc) is 2.14. The minimum atomic E-state index is 0.591. The fourth-order valence-electron chi connectivity index (χ4n) is 1.44. The van der Waals surface area contributed by atoms with Gasteiger partial charge in [-0.25, -0.2) is 0 Å². The van der Waals surface area contributed by atoms with E-state index in [0.717, 1.165) is 25.4 Å². The van der Waals surface area contributed by atoms with Gasteiger partial charge in [-0.2, -0.15) is 0 Å². The molecule has 0 radical (unpaired) electrons. The van der Waals surface area contributed by atoms with Gasteiger partial charge in [-0.3, -0.25) is 0 Å². The Morgan fingerprint density at radius 2 is 2.07 bits per heavy atom. The summed E-state index contributed by atoms with van der Waals surface area (Å²) in [7, 11) is 0. The number of rotatable bonds is 4. The Hall–Kier alpha value is -1.22. The van der Waals surface area contributed by atoms with Crippen molar-refractivity contribution >= 4 is 5.69 Å². The van der Waals surface area contributed by atoms with Crippen molar-refractivity contribution in [1.29, 1.82) is 0 Å². The first-order chi connectivity index (χ1) is 6.88. The zero-order valence-corrected chi connectivity index (χ0v) is 8.42. The van der Waals surface area contributed by atoms with Crippen LogP contribution < -0.4 is 15.4 Å². The zero-order chi connectivity index (χ0) is 9.80. The van der Waals surface area contributed by atoms with E-state index < -0.39 is 0 Å². The SMILES string of the molecule is CCOc1ccc(NC2CNC2)cc1. The van der Waals surface area contributed by atoms with Crippen molar-refractivity contribution < 1.29 is 4.74 Å². The molecule has 0 bridgehead atoms. The van der Waals surface area contributed by atoms with E-state index >= 15 is 0 Å². The van der Waals surface area contributed by atoms with E-state index in [4.69, 9.17) is 4.74 Å². The summed E-state index contributed by atoms with van der Waals surface area (Å²) in [5.74, 6) is 0.935. The van der Waals surface area contributed by atoms with Crippen LogP contribution in [-0.4, -0.2) is 25.7 Å². The van der Waals surface area contributed by atoms with Gasteiger partial charge >= 0.3 is 0 Å². The number of anilines is 1. The highest BCUT2D eigenvalue weighted by Crippen LogP contribution is 2.16. The Morgan fingerprint density at radius 1 is 1.36 bits per heavy atom. The van der Waals surface area contributed by atoms with Crippen molar-refractivity contribution in [2.75, 3.05) is 25.0 Å². The van der Waals surface area contributed by atoms with Gasteiger partial charge in [0.2, 0.25) is 0 Å². The van der Waals surface area contributed by atoms with Crippen LogP contribution in [0.3, 0.4) is 0 Å². The number of nitrogens with one attached hydrogen (secondary N) is 2. The molecule has 2 N–H and O–H groups in total. The summed E-state index contributed by atoms with van der Waals surface area (Å²) < 4.78 is 5.37. The fourth-order valence-corrected chi connectivity index (χ4v) is 1.44. The summed E-state index contributed by atoms with van der Waals surface area (Å²) in [5, 5.41) is 6.66. The lowest BCUT2D eigenvalue weighted by molar-refractivity contribution is 0.340. The van der Waals surface area contributed by atoms with Crippen LogP contribution in [-0.2, 0) is 0 Å². The quantitative estimate of drug-likeness (QED) is 0.758. The van der Waals surface area contributed by atoms with E-state index in [1.54, 1.807) is 0 Å².